The van der Waals surface area contributed by atoms with Gasteiger partial charge in [0.15, 0.2) is 6.40 Å². The van der Waals surface area contributed by atoms with E-state index < -0.39 is 6.09 Å². The molecule has 5 nitrogen and oxygen atoms in total. The van der Waals surface area contributed by atoms with Gasteiger partial charge in [-0.2, -0.15) is 0 Å². The normalized spacial score (nSPS) is 9.64. The number of hydrogen-bond acceptors (Lipinski definition) is 4. The van der Waals surface area contributed by atoms with E-state index in [0.29, 0.717) is 13.2 Å². The van der Waals surface area contributed by atoms with Crippen LogP contribution in [-0.4, -0.2) is 25.7 Å². The van der Waals surface area contributed by atoms with Crippen molar-refractivity contribution in [3.8, 4) is 0 Å². The van der Waals surface area contributed by atoms with Gasteiger partial charge in [0.1, 0.15) is 0 Å². The van der Waals surface area contributed by atoms with Crippen LogP contribution < -0.4 is 5.43 Å². The third kappa shape index (κ3) is 6.63. The van der Waals surface area contributed by atoms with E-state index in [-0.39, 0.29) is 0 Å². The molecular weight excluding hydrogens is 148 g/mol. The lowest BCUT2D eigenvalue weighted by Crippen LogP contribution is -2.18. The van der Waals surface area contributed by atoms with E-state index >= 15 is 0 Å². The second-order valence-corrected chi connectivity index (χ2v) is 1.52. The Hall–Kier alpha value is -1.26. The van der Waals surface area contributed by atoms with Gasteiger partial charge in [0, 0.05) is 0 Å². The molecule has 1 amide bonds. The molecule has 0 fully saturated rings. The van der Waals surface area contributed by atoms with E-state index in [1.54, 1.807) is 6.92 Å². The zero-order valence-corrected chi connectivity index (χ0v) is 6.66. The monoisotopic (exact) mass is 160 g/mol. The molecule has 0 heterocycles. The van der Waals surface area contributed by atoms with Crippen molar-refractivity contribution in [2.75, 3.05) is 13.2 Å². The lowest BCUT2D eigenvalue weighted by Gasteiger charge is -1.97. The molecule has 5 heteroatoms. The van der Waals surface area contributed by atoms with Crippen molar-refractivity contribution in [2.24, 2.45) is 5.10 Å². The van der Waals surface area contributed by atoms with Gasteiger partial charge < -0.3 is 9.47 Å². The molecule has 0 unspecified atom stereocenters. The summed E-state index contributed by atoms with van der Waals surface area (Å²) < 4.78 is 9.20. The number of amides is 1. The zero-order valence-electron chi connectivity index (χ0n) is 6.66. The standard InChI is InChI=1S/C6H12N2O3/c1-3-10-5-7-8-6(9)11-4-2/h5H,3-4H2,1-2H3,(H,8,9). The SMILES string of the molecule is CCOC=NNC(=O)OCC. The summed E-state index contributed by atoms with van der Waals surface area (Å²) in [4.78, 5) is 10.5. The number of nitrogens with zero attached hydrogens (tertiary/aromatic N) is 1. The molecule has 0 aliphatic rings. The predicted molar refractivity (Wildman–Crippen MR) is 40.3 cm³/mol. The van der Waals surface area contributed by atoms with Crippen LogP contribution in [-0.2, 0) is 9.47 Å². The van der Waals surface area contributed by atoms with Gasteiger partial charge in [-0.15, -0.1) is 5.10 Å². The molecule has 0 aromatic heterocycles. The first-order chi connectivity index (χ1) is 5.31. The summed E-state index contributed by atoms with van der Waals surface area (Å²) in [6, 6.07) is 0. The van der Waals surface area contributed by atoms with E-state index in [2.05, 4.69) is 15.3 Å². The molecule has 0 aromatic carbocycles. The van der Waals surface area contributed by atoms with Crippen LogP contribution in [0.3, 0.4) is 0 Å². The summed E-state index contributed by atoms with van der Waals surface area (Å²) in [5, 5.41) is 3.41. The van der Waals surface area contributed by atoms with Crippen molar-refractivity contribution < 1.29 is 14.3 Å². The Kier molecular flexibility index (Phi) is 6.07. The Labute approximate surface area is 65.4 Å². The summed E-state index contributed by atoms with van der Waals surface area (Å²) >= 11 is 0. The highest BCUT2D eigenvalue weighted by atomic mass is 16.6. The highest BCUT2D eigenvalue weighted by Crippen LogP contribution is 1.74. The maximum Gasteiger partial charge on any atom is 0.427 e. The van der Waals surface area contributed by atoms with E-state index in [1.807, 2.05) is 6.92 Å². The predicted octanol–water partition coefficient (Wildman–Crippen LogP) is 0.712. The maximum atomic E-state index is 10.5. The maximum absolute atomic E-state index is 10.5. The van der Waals surface area contributed by atoms with Crippen molar-refractivity contribution in [1.29, 1.82) is 0 Å². The molecule has 11 heavy (non-hydrogen) atoms. The molecule has 0 bridgehead atoms. The minimum atomic E-state index is -0.580. The fourth-order valence-electron chi connectivity index (χ4n) is 0.354. The highest BCUT2D eigenvalue weighted by Gasteiger charge is 1.93. The van der Waals surface area contributed by atoms with Gasteiger partial charge in [-0.25, -0.2) is 10.2 Å². The Bertz CT molecular complexity index is 136. The van der Waals surface area contributed by atoms with Crippen LogP contribution >= 0.6 is 0 Å². The Morgan fingerprint density at radius 1 is 1.55 bits per heavy atom. The Morgan fingerprint density at radius 3 is 2.82 bits per heavy atom. The molecule has 0 saturated carbocycles. The number of hydrogen-bond donors (Lipinski definition) is 1. The summed E-state index contributed by atoms with van der Waals surface area (Å²) in [6.07, 6.45) is 0.570. The second-order valence-electron chi connectivity index (χ2n) is 1.52. The van der Waals surface area contributed by atoms with Crippen LogP contribution in [0.25, 0.3) is 0 Å². The molecule has 0 aromatic rings. The van der Waals surface area contributed by atoms with E-state index in [1.165, 1.54) is 0 Å². The van der Waals surface area contributed by atoms with E-state index in [4.69, 9.17) is 4.74 Å². The van der Waals surface area contributed by atoms with Crippen LogP contribution in [0.4, 0.5) is 4.79 Å². The molecule has 64 valence electrons. The fraction of sp³-hybridized carbons (Fsp3) is 0.667. The topological polar surface area (TPSA) is 59.9 Å². The van der Waals surface area contributed by atoms with Crippen molar-refractivity contribution in [3.05, 3.63) is 0 Å². The smallest absolute Gasteiger partial charge is 0.427 e. The molecule has 0 atom stereocenters. The highest BCUT2D eigenvalue weighted by molar-refractivity contribution is 5.67. The quantitative estimate of drug-likeness (QED) is 0.374. The van der Waals surface area contributed by atoms with Crippen molar-refractivity contribution >= 4 is 12.5 Å². The van der Waals surface area contributed by atoms with Crippen LogP contribution in [0, 0.1) is 0 Å². The fourth-order valence-corrected chi connectivity index (χ4v) is 0.354. The lowest BCUT2D eigenvalue weighted by atomic mass is 10.9. The van der Waals surface area contributed by atoms with Crippen molar-refractivity contribution in [1.82, 2.24) is 5.43 Å². The van der Waals surface area contributed by atoms with Gasteiger partial charge in [-0.05, 0) is 13.8 Å². The third-order valence-electron chi connectivity index (χ3n) is 0.725. The third-order valence-corrected chi connectivity index (χ3v) is 0.725. The average molecular weight is 160 g/mol. The molecule has 0 saturated heterocycles. The Balaban J connectivity index is 3.29. The molecule has 0 spiro atoms. The van der Waals surface area contributed by atoms with Gasteiger partial charge in [-0.1, -0.05) is 0 Å². The summed E-state index contributed by atoms with van der Waals surface area (Å²) in [5.41, 5.74) is 2.10. The number of carbonyl (C=O) groups is 1. The molecule has 1 N–H and O–H groups in total. The summed E-state index contributed by atoms with van der Waals surface area (Å²) in [7, 11) is 0. The van der Waals surface area contributed by atoms with Crippen molar-refractivity contribution in [3.63, 3.8) is 0 Å². The second kappa shape index (κ2) is 6.85. The largest absolute Gasteiger partial charge is 0.482 e. The van der Waals surface area contributed by atoms with Gasteiger partial charge in [0.25, 0.3) is 0 Å². The first kappa shape index (κ1) is 9.74. The van der Waals surface area contributed by atoms with Gasteiger partial charge in [0.05, 0.1) is 13.2 Å². The minimum absolute atomic E-state index is 0.329. The van der Waals surface area contributed by atoms with Gasteiger partial charge >= 0.3 is 6.09 Å². The van der Waals surface area contributed by atoms with E-state index in [9.17, 15) is 4.79 Å². The lowest BCUT2D eigenvalue weighted by molar-refractivity contribution is 0.152. The Morgan fingerprint density at radius 2 is 2.27 bits per heavy atom. The van der Waals surface area contributed by atoms with Crippen LogP contribution in [0.1, 0.15) is 13.8 Å². The van der Waals surface area contributed by atoms with Crippen molar-refractivity contribution in [2.45, 2.75) is 13.8 Å². The number of rotatable bonds is 4. The molecule has 0 rings (SSSR count). The van der Waals surface area contributed by atoms with Gasteiger partial charge in [0.2, 0.25) is 0 Å². The first-order valence-electron chi connectivity index (χ1n) is 3.37. The molecular formula is C6H12N2O3. The summed E-state index contributed by atoms with van der Waals surface area (Å²) in [6.45, 7) is 4.38. The molecule has 0 aliphatic carbocycles. The summed E-state index contributed by atoms with van der Waals surface area (Å²) in [5.74, 6) is 0. The molecule has 0 radical (unpaired) electrons. The zero-order chi connectivity index (χ0) is 8.53. The van der Waals surface area contributed by atoms with E-state index in [0.717, 1.165) is 6.40 Å². The van der Waals surface area contributed by atoms with Crippen LogP contribution in [0.15, 0.2) is 5.10 Å². The number of hydrazone groups is 1. The first-order valence-corrected chi connectivity index (χ1v) is 3.37. The average Bonchev–Trinajstić information content (AvgIpc) is 1.99. The minimum Gasteiger partial charge on any atom is -0.482 e. The number of carbonyl (C=O) groups excluding carboxylic acids is 1. The molecule has 0 aliphatic heterocycles. The number of nitrogens with one attached hydrogen (secondary N) is 1. The van der Waals surface area contributed by atoms with Crippen LogP contribution in [0.2, 0.25) is 0 Å². The van der Waals surface area contributed by atoms with Gasteiger partial charge in [-0.3, -0.25) is 0 Å². The van der Waals surface area contributed by atoms with Crippen LogP contribution in [0.5, 0.6) is 0 Å². The number of ether oxygens (including phenoxy) is 2.